The molecule has 3 unspecified atom stereocenters. The van der Waals surface area contributed by atoms with Crippen LogP contribution in [0, 0.1) is 24.7 Å². The molecular formula is C29H50O. The van der Waals surface area contributed by atoms with Gasteiger partial charge in [0.1, 0.15) is 11.4 Å². The molecule has 0 aromatic heterocycles. The van der Waals surface area contributed by atoms with Gasteiger partial charge in [-0.2, -0.15) is 0 Å². The third kappa shape index (κ3) is 8.27. The van der Waals surface area contributed by atoms with Gasteiger partial charge in [-0.25, -0.2) is 0 Å². The van der Waals surface area contributed by atoms with Crippen LogP contribution in [0.15, 0.2) is 12.1 Å². The molecule has 1 aromatic rings. The first-order valence-electron chi connectivity index (χ1n) is 13.0. The molecule has 0 saturated heterocycles. The summed E-state index contributed by atoms with van der Waals surface area (Å²) in [6.07, 6.45) is 15.7. The number of hydrogen-bond donors (Lipinski definition) is 0. The molecule has 1 heterocycles. The van der Waals surface area contributed by atoms with E-state index in [1.807, 2.05) is 0 Å². The minimum absolute atomic E-state index is 0.0239. The fraction of sp³-hybridized carbons (Fsp3) is 0.793. The summed E-state index contributed by atoms with van der Waals surface area (Å²) in [6, 6.07) is 4.68. The van der Waals surface area contributed by atoms with Gasteiger partial charge in [-0.15, -0.1) is 0 Å². The highest BCUT2D eigenvalue weighted by Gasteiger charge is 2.32. The van der Waals surface area contributed by atoms with Gasteiger partial charge in [-0.1, -0.05) is 91.7 Å². The van der Waals surface area contributed by atoms with Crippen molar-refractivity contribution in [2.24, 2.45) is 17.8 Å². The van der Waals surface area contributed by atoms with E-state index in [9.17, 15) is 0 Å². The summed E-state index contributed by atoms with van der Waals surface area (Å²) in [4.78, 5) is 0. The SMILES string of the molecule is CCc1cc(C)c2c(c1)CCC(C)(CCCC(C)CCCC(C)CCCC(C)C)O2. The van der Waals surface area contributed by atoms with E-state index < -0.39 is 0 Å². The summed E-state index contributed by atoms with van der Waals surface area (Å²) in [7, 11) is 0. The Kier molecular flexibility index (Phi) is 10.2. The molecule has 1 nitrogen and oxygen atoms in total. The Balaban J connectivity index is 1.67. The van der Waals surface area contributed by atoms with Gasteiger partial charge >= 0.3 is 0 Å². The Labute approximate surface area is 188 Å². The van der Waals surface area contributed by atoms with Gasteiger partial charge in [0.25, 0.3) is 0 Å². The van der Waals surface area contributed by atoms with Crippen LogP contribution < -0.4 is 4.74 Å². The largest absolute Gasteiger partial charge is 0.487 e. The van der Waals surface area contributed by atoms with Crippen LogP contribution in [0.1, 0.15) is 122 Å². The molecule has 0 saturated carbocycles. The number of aryl methyl sites for hydroxylation is 3. The summed E-state index contributed by atoms with van der Waals surface area (Å²) in [5.41, 5.74) is 4.23. The quantitative estimate of drug-likeness (QED) is 0.313. The van der Waals surface area contributed by atoms with Crippen molar-refractivity contribution >= 4 is 0 Å². The third-order valence-electron chi connectivity index (χ3n) is 7.37. The van der Waals surface area contributed by atoms with Crippen molar-refractivity contribution in [3.8, 4) is 5.75 Å². The van der Waals surface area contributed by atoms with Crippen LogP contribution in [0.25, 0.3) is 0 Å². The molecule has 1 heteroatoms. The van der Waals surface area contributed by atoms with Crippen LogP contribution in [0.3, 0.4) is 0 Å². The lowest BCUT2D eigenvalue weighted by molar-refractivity contribution is 0.0516. The summed E-state index contributed by atoms with van der Waals surface area (Å²) in [5, 5.41) is 0. The number of rotatable bonds is 13. The molecule has 0 fully saturated rings. The molecular weight excluding hydrogens is 364 g/mol. The van der Waals surface area contributed by atoms with Crippen LogP contribution in [0.5, 0.6) is 5.75 Å². The van der Waals surface area contributed by atoms with E-state index >= 15 is 0 Å². The van der Waals surface area contributed by atoms with E-state index in [1.165, 1.54) is 86.6 Å². The van der Waals surface area contributed by atoms with Gasteiger partial charge in [0.05, 0.1) is 0 Å². The highest BCUT2D eigenvalue weighted by Crippen LogP contribution is 2.39. The van der Waals surface area contributed by atoms with E-state index in [1.54, 1.807) is 0 Å². The molecule has 1 aliphatic rings. The van der Waals surface area contributed by atoms with Crippen LogP contribution in [0.4, 0.5) is 0 Å². The molecule has 3 atom stereocenters. The van der Waals surface area contributed by atoms with E-state index in [2.05, 4.69) is 60.6 Å². The van der Waals surface area contributed by atoms with Crippen LogP contribution >= 0.6 is 0 Å². The zero-order valence-electron chi connectivity index (χ0n) is 21.3. The van der Waals surface area contributed by atoms with Gasteiger partial charge in [0, 0.05) is 0 Å². The first kappa shape index (κ1) is 25.3. The summed E-state index contributed by atoms with van der Waals surface area (Å²) in [6.45, 7) is 16.4. The molecule has 0 spiro atoms. The summed E-state index contributed by atoms with van der Waals surface area (Å²) >= 11 is 0. The van der Waals surface area contributed by atoms with Crippen molar-refractivity contribution < 1.29 is 4.74 Å². The Bertz CT molecular complexity index is 631. The second kappa shape index (κ2) is 12.2. The third-order valence-corrected chi connectivity index (χ3v) is 7.37. The van der Waals surface area contributed by atoms with Crippen LogP contribution in [-0.2, 0) is 12.8 Å². The standard InChI is InChI=1S/C29H50O/c1-8-26-20-25(6)28-27(21-26)17-19-29(7,30-28)18-11-16-24(5)15-10-14-23(4)13-9-12-22(2)3/h20-24H,8-19H2,1-7H3. The Morgan fingerprint density at radius 2 is 1.50 bits per heavy atom. The van der Waals surface area contributed by atoms with Crippen LogP contribution in [0.2, 0.25) is 0 Å². The second-order valence-electron chi connectivity index (χ2n) is 11.2. The number of ether oxygens (including phenoxy) is 1. The highest BCUT2D eigenvalue weighted by molar-refractivity contribution is 5.46. The molecule has 0 N–H and O–H groups in total. The fourth-order valence-corrected chi connectivity index (χ4v) is 5.14. The minimum atomic E-state index is 0.0239. The zero-order chi connectivity index (χ0) is 22.1. The highest BCUT2D eigenvalue weighted by atomic mass is 16.5. The monoisotopic (exact) mass is 414 g/mol. The van der Waals surface area contributed by atoms with E-state index in [4.69, 9.17) is 4.74 Å². The van der Waals surface area contributed by atoms with Crippen molar-refractivity contribution in [1.29, 1.82) is 0 Å². The Hall–Kier alpha value is -0.980. The maximum absolute atomic E-state index is 6.60. The molecule has 1 aliphatic heterocycles. The average molecular weight is 415 g/mol. The molecule has 172 valence electrons. The summed E-state index contributed by atoms with van der Waals surface area (Å²) < 4.78 is 6.60. The number of fused-ring (bicyclic) bond motifs is 1. The smallest absolute Gasteiger partial charge is 0.126 e. The number of benzene rings is 1. The Morgan fingerprint density at radius 3 is 2.10 bits per heavy atom. The van der Waals surface area contributed by atoms with Gasteiger partial charge in [-0.05, 0) is 80.4 Å². The molecule has 0 amide bonds. The van der Waals surface area contributed by atoms with Gasteiger partial charge in [0.15, 0.2) is 0 Å². The molecule has 0 aliphatic carbocycles. The predicted octanol–water partition coefficient (Wildman–Crippen LogP) is 9.08. The maximum Gasteiger partial charge on any atom is 0.126 e. The predicted molar refractivity (Wildman–Crippen MR) is 133 cm³/mol. The van der Waals surface area contributed by atoms with E-state index in [0.29, 0.717) is 0 Å². The lowest BCUT2D eigenvalue weighted by atomic mass is 9.85. The molecule has 1 aromatic carbocycles. The topological polar surface area (TPSA) is 9.23 Å². The first-order valence-corrected chi connectivity index (χ1v) is 13.0. The first-order chi connectivity index (χ1) is 14.2. The van der Waals surface area contributed by atoms with Crippen molar-refractivity contribution in [2.75, 3.05) is 0 Å². The zero-order valence-corrected chi connectivity index (χ0v) is 21.3. The molecule has 0 bridgehead atoms. The fourth-order valence-electron chi connectivity index (χ4n) is 5.14. The van der Waals surface area contributed by atoms with E-state index in [0.717, 1.165) is 30.6 Å². The number of hydrogen-bond acceptors (Lipinski definition) is 1. The molecule has 2 rings (SSSR count). The molecule has 0 radical (unpaired) electrons. The minimum Gasteiger partial charge on any atom is -0.487 e. The van der Waals surface area contributed by atoms with Crippen LogP contribution in [-0.4, -0.2) is 5.60 Å². The lowest BCUT2D eigenvalue weighted by Crippen LogP contribution is -2.36. The van der Waals surface area contributed by atoms with Crippen molar-refractivity contribution in [1.82, 2.24) is 0 Å². The molecule has 30 heavy (non-hydrogen) atoms. The van der Waals surface area contributed by atoms with Gasteiger partial charge < -0.3 is 4.74 Å². The van der Waals surface area contributed by atoms with Crippen molar-refractivity contribution in [3.05, 3.63) is 28.8 Å². The lowest BCUT2D eigenvalue weighted by Gasteiger charge is -2.37. The Morgan fingerprint density at radius 1 is 0.900 bits per heavy atom. The van der Waals surface area contributed by atoms with Gasteiger partial charge in [-0.3, -0.25) is 0 Å². The average Bonchev–Trinajstić information content (AvgIpc) is 2.68. The van der Waals surface area contributed by atoms with E-state index in [-0.39, 0.29) is 5.60 Å². The van der Waals surface area contributed by atoms with Crippen molar-refractivity contribution in [3.63, 3.8) is 0 Å². The van der Waals surface area contributed by atoms with Crippen molar-refractivity contribution in [2.45, 2.75) is 131 Å². The normalized spacial score (nSPS) is 20.7. The second-order valence-corrected chi connectivity index (χ2v) is 11.2. The summed E-state index contributed by atoms with van der Waals surface area (Å²) in [5.74, 6) is 3.79. The van der Waals surface area contributed by atoms with Gasteiger partial charge in [0.2, 0.25) is 0 Å². The maximum atomic E-state index is 6.60.